The number of halogens is 2. The highest BCUT2D eigenvalue weighted by Gasteiger charge is 2.43. The van der Waals surface area contributed by atoms with Gasteiger partial charge in [0, 0.05) is 16.8 Å². The van der Waals surface area contributed by atoms with Crippen LogP contribution in [0.4, 0.5) is 20.3 Å². The Labute approximate surface area is 219 Å². The molecule has 0 spiro atoms. The first-order valence-corrected chi connectivity index (χ1v) is 11.4. The number of carbonyl (C=O) groups excluding carboxylic acids is 2. The number of anilines is 2. The highest BCUT2D eigenvalue weighted by atomic mass is 19.1. The number of nitrogens with two attached hydrogens (primary N) is 1. The maximum Gasteiger partial charge on any atom is 0.283 e. The Morgan fingerprint density at radius 1 is 1.24 bits per heavy atom. The van der Waals surface area contributed by atoms with Gasteiger partial charge < -0.3 is 21.1 Å². The second kappa shape index (κ2) is 9.54. The lowest BCUT2D eigenvalue weighted by Gasteiger charge is -2.13. The van der Waals surface area contributed by atoms with Crippen molar-refractivity contribution in [2.24, 2.45) is 0 Å². The lowest BCUT2D eigenvalue weighted by Crippen LogP contribution is -2.31. The second-order valence-corrected chi connectivity index (χ2v) is 8.79. The van der Waals surface area contributed by atoms with Gasteiger partial charge in [0.1, 0.15) is 29.0 Å². The van der Waals surface area contributed by atoms with Crippen molar-refractivity contribution in [3.05, 3.63) is 66.8 Å². The monoisotopic (exact) mass is 522 g/mol. The zero-order chi connectivity index (χ0) is 29.5. The molecular weight excluding hydrogens is 496 g/mol. The van der Waals surface area contributed by atoms with Gasteiger partial charge >= 0.3 is 0 Å². The van der Waals surface area contributed by atoms with Crippen LogP contribution in [0.5, 0.6) is 5.75 Å². The van der Waals surface area contributed by atoms with Gasteiger partial charge in [-0.2, -0.15) is 0 Å². The Hall–Kier alpha value is -4.87. The molecule has 2 aromatic heterocycles. The van der Waals surface area contributed by atoms with Crippen LogP contribution >= 0.6 is 0 Å². The number of aromatic nitrogens is 4. The number of hydrogen-bond donors (Lipinski definition) is 3. The van der Waals surface area contributed by atoms with Crippen LogP contribution < -0.4 is 21.1 Å². The summed E-state index contributed by atoms with van der Waals surface area (Å²) in [5.41, 5.74) is 6.82. The fraction of sp³-hybridized carbons (Fsp3) is 0.192. The number of ether oxygens (including phenoxy) is 1. The third-order valence-corrected chi connectivity index (χ3v) is 6.11. The Bertz CT molecular complexity index is 1690. The summed E-state index contributed by atoms with van der Waals surface area (Å²) in [7, 11) is -2.90. The Morgan fingerprint density at radius 3 is 2.66 bits per heavy atom. The summed E-state index contributed by atoms with van der Waals surface area (Å²) in [5, 5.41) is 13.5. The average Bonchev–Trinajstić information content (AvgIpc) is 3.51. The second-order valence-electron chi connectivity index (χ2n) is 8.79. The van der Waals surface area contributed by atoms with Crippen LogP contribution in [-0.2, 0) is 4.79 Å². The van der Waals surface area contributed by atoms with Crippen molar-refractivity contribution in [3.8, 4) is 28.1 Å². The van der Waals surface area contributed by atoms with Crippen LogP contribution in [0.2, 0.25) is 0 Å². The van der Waals surface area contributed by atoms with E-state index in [0.717, 1.165) is 0 Å². The maximum absolute atomic E-state index is 14.1. The van der Waals surface area contributed by atoms with Gasteiger partial charge in [0.05, 0.1) is 23.3 Å². The molecule has 4 aromatic rings. The predicted octanol–water partition coefficient (Wildman–Crippen LogP) is 3.70. The molecule has 194 valence electrons. The predicted molar refractivity (Wildman–Crippen MR) is 137 cm³/mol. The lowest BCUT2D eigenvalue weighted by molar-refractivity contribution is -0.114. The summed E-state index contributed by atoms with van der Waals surface area (Å²) in [4.78, 5) is 28.5. The molecule has 0 saturated heterocycles. The van der Waals surface area contributed by atoms with Crippen molar-refractivity contribution in [1.82, 2.24) is 25.1 Å². The highest BCUT2D eigenvalue weighted by Crippen LogP contribution is 2.40. The smallest absolute Gasteiger partial charge is 0.283 e. The summed E-state index contributed by atoms with van der Waals surface area (Å²) in [6.45, 7) is 2.76. The van der Waals surface area contributed by atoms with Crippen molar-refractivity contribution < 1.29 is 27.2 Å². The van der Waals surface area contributed by atoms with Crippen molar-refractivity contribution in [1.29, 1.82) is 0 Å². The Kier molecular flexibility index (Phi) is 5.33. The van der Waals surface area contributed by atoms with Gasteiger partial charge in [0.15, 0.2) is 11.6 Å². The first kappa shape index (κ1) is 21.2. The number of carbonyl (C=O) groups is 2. The van der Waals surface area contributed by atoms with Gasteiger partial charge in [-0.1, -0.05) is 24.8 Å². The molecule has 0 atom stereocenters. The number of nitrogens with one attached hydrogen (secondary N) is 2. The molecule has 0 bridgehead atoms. The number of benzene rings is 2. The molecule has 0 radical (unpaired) electrons. The summed E-state index contributed by atoms with van der Waals surface area (Å²) in [5.74, 6) is -3.03. The molecule has 5 rings (SSSR count). The molecule has 1 saturated carbocycles. The van der Waals surface area contributed by atoms with Crippen molar-refractivity contribution in [3.63, 3.8) is 0 Å². The number of nitrogens with zero attached hydrogens (tertiary/aromatic N) is 4. The number of alkyl halides is 1. The molecule has 1 aliphatic rings. The SMILES string of the molecule is [2H]C([2H])([2H])Oc1cc(-c2c(-c3ccc(NC(=O)C(=C)F)cc3)nn3ncnc(N)c23)ccc1C(=O)NCC1(F)CC1. The van der Waals surface area contributed by atoms with Crippen LogP contribution in [0, 0.1) is 0 Å². The normalized spacial score (nSPS) is 15.2. The third-order valence-electron chi connectivity index (χ3n) is 6.11. The van der Waals surface area contributed by atoms with E-state index >= 15 is 0 Å². The molecule has 1 fully saturated rings. The lowest BCUT2D eigenvalue weighted by atomic mass is 9.98. The van der Waals surface area contributed by atoms with Gasteiger partial charge in [-0.15, -0.1) is 14.8 Å². The first-order chi connectivity index (χ1) is 19.3. The van der Waals surface area contributed by atoms with Crippen LogP contribution in [0.25, 0.3) is 27.9 Å². The molecule has 10 nitrogen and oxygen atoms in total. The van der Waals surface area contributed by atoms with Gasteiger partial charge in [-0.05, 0) is 42.7 Å². The van der Waals surface area contributed by atoms with Gasteiger partial charge in [-0.3, -0.25) is 9.59 Å². The van der Waals surface area contributed by atoms with Gasteiger partial charge in [0.25, 0.3) is 11.8 Å². The van der Waals surface area contributed by atoms with Crippen molar-refractivity contribution >= 4 is 28.8 Å². The largest absolute Gasteiger partial charge is 0.496 e. The third kappa shape index (κ3) is 4.75. The average molecular weight is 523 g/mol. The number of nitrogen functional groups attached to an aromatic ring is 1. The van der Waals surface area contributed by atoms with Gasteiger partial charge in [0.2, 0.25) is 0 Å². The highest BCUT2D eigenvalue weighted by molar-refractivity contribution is 6.02. The maximum atomic E-state index is 14.1. The van der Waals surface area contributed by atoms with Crippen LogP contribution in [0.1, 0.15) is 27.3 Å². The molecule has 12 heteroatoms. The first-order valence-electron chi connectivity index (χ1n) is 12.9. The van der Waals surface area contributed by atoms with Crippen LogP contribution in [0.3, 0.4) is 0 Å². The number of rotatable bonds is 8. The minimum Gasteiger partial charge on any atom is -0.496 e. The van der Waals surface area contributed by atoms with E-state index in [1.807, 2.05) is 0 Å². The van der Waals surface area contributed by atoms with E-state index in [1.54, 1.807) is 12.1 Å². The summed E-state index contributed by atoms with van der Waals surface area (Å²) >= 11 is 0. The molecular formula is C26H23F2N7O3. The molecule has 4 N–H and O–H groups in total. The van der Waals surface area contributed by atoms with Crippen molar-refractivity contribution in [2.75, 3.05) is 24.6 Å². The zero-order valence-corrected chi connectivity index (χ0v) is 19.8. The van der Waals surface area contributed by atoms with E-state index in [0.29, 0.717) is 46.4 Å². The fourth-order valence-electron chi connectivity index (χ4n) is 3.90. The van der Waals surface area contributed by atoms with E-state index in [-0.39, 0.29) is 23.7 Å². The van der Waals surface area contributed by atoms with Crippen molar-refractivity contribution in [2.45, 2.75) is 18.5 Å². The number of methoxy groups -OCH3 is 1. The molecule has 0 aliphatic heterocycles. The minimum atomic E-state index is -2.90. The van der Waals surface area contributed by atoms with E-state index in [2.05, 4.69) is 32.4 Å². The zero-order valence-electron chi connectivity index (χ0n) is 22.8. The Morgan fingerprint density at radius 2 is 1.97 bits per heavy atom. The Balaban J connectivity index is 1.60. The quantitative estimate of drug-likeness (QED) is 0.300. The number of hydrogen-bond acceptors (Lipinski definition) is 7. The molecule has 2 amide bonds. The molecule has 1 aliphatic carbocycles. The fourth-order valence-corrected chi connectivity index (χ4v) is 3.90. The van der Waals surface area contributed by atoms with E-state index < -0.39 is 30.3 Å². The molecule has 2 heterocycles. The molecule has 2 aromatic carbocycles. The van der Waals surface area contributed by atoms with E-state index in [4.69, 9.17) is 14.6 Å². The summed E-state index contributed by atoms with van der Waals surface area (Å²) in [6, 6.07) is 10.5. The minimum absolute atomic E-state index is 0.0666. The van der Waals surface area contributed by atoms with Crippen LogP contribution in [0.15, 0.2) is 61.2 Å². The van der Waals surface area contributed by atoms with Crippen LogP contribution in [-0.4, -0.2) is 50.9 Å². The number of amides is 2. The number of fused-ring (bicyclic) bond motifs is 1. The van der Waals surface area contributed by atoms with Gasteiger partial charge in [-0.25, -0.2) is 13.8 Å². The molecule has 0 unspecified atom stereocenters. The standard InChI is InChI=1S/C26H23F2N7O3/c1-14(27)24(36)33-17-6-3-15(4-7-17)21-20(22-23(29)31-13-32-35(22)34-21)16-5-8-18(19(11-16)38-2)25(37)30-12-26(28)9-10-26/h3-8,11,13H,1,9-10,12H2,2H3,(H,30,37)(H,33,36)(H2,29,31,32)/i2D3. The summed E-state index contributed by atoms with van der Waals surface area (Å²) in [6.07, 6.45) is 1.88. The summed E-state index contributed by atoms with van der Waals surface area (Å²) < 4.78 is 56.4. The topological polar surface area (TPSA) is 137 Å². The van der Waals surface area contributed by atoms with E-state index in [9.17, 15) is 18.4 Å². The van der Waals surface area contributed by atoms with E-state index in [1.165, 1.54) is 41.3 Å². The molecule has 38 heavy (non-hydrogen) atoms.